The largest absolute Gasteiger partial charge is 0.312 e. The summed E-state index contributed by atoms with van der Waals surface area (Å²) in [6.07, 6.45) is 1.84. The Balaban J connectivity index is 1.90. The summed E-state index contributed by atoms with van der Waals surface area (Å²) in [5, 5.41) is 5.29. The summed E-state index contributed by atoms with van der Waals surface area (Å²) in [6, 6.07) is 8.61. The number of fused-ring (bicyclic) bond motifs is 1. The van der Waals surface area contributed by atoms with E-state index in [9.17, 15) is 0 Å². The van der Waals surface area contributed by atoms with Crippen LogP contribution in [0.2, 0.25) is 5.02 Å². The lowest BCUT2D eigenvalue weighted by Crippen LogP contribution is -2.48. The second kappa shape index (κ2) is 5.45. The Kier molecular flexibility index (Phi) is 3.69. The lowest BCUT2D eigenvalue weighted by Gasteiger charge is -2.32. The second-order valence-electron chi connectivity index (χ2n) is 5.20. The third kappa shape index (κ3) is 2.73. The lowest BCUT2D eigenvalue weighted by molar-refractivity contribution is 0.200. The molecule has 0 spiro atoms. The van der Waals surface area contributed by atoms with Crippen molar-refractivity contribution in [2.45, 2.75) is 19.5 Å². The van der Waals surface area contributed by atoms with Crippen molar-refractivity contribution < 1.29 is 0 Å². The molecule has 0 unspecified atom stereocenters. The first-order valence-electron chi connectivity index (χ1n) is 6.72. The van der Waals surface area contributed by atoms with E-state index in [0.717, 1.165) is 42.1 Å². The van der Waals surface area contributed by atoms with Gasteiger partial charge in [-0.1, -0.05) is 17.7 Å². The fraction of sp³-hybridized carbons (Fsp3) is 0.400. The average Bonchev–Trinajstić information content (AvgIpc) is 2.42. The predicted molar refractivity (Wildman–Crippen MR) is 79.5 cm³/mol. The van der Waals surface area contributed by atoms with E-state index in [0.29, 0.717) is 6.04 Å². The molecular weight excluding hydrogens is 258 g/mol. The molecule has 0 saturated carbocycles. The number of aromatic nitrogens is 1. The van der Waals surface area contributed by atoms with Gasteiger partial charge in [-0.2, -0.15) is 0 Å². The lowest BCUT2D eigenvalue weighted by atomic mass is 10.1. The van der Waals surface area contributed by atoms with E-state index >= 15 is 0 Å². The summed E-state index contributed by atoms with van der Waals surface area (Å²) in [5.41, 5.74) is 2.29. The standard InChI is InChI=1S/C15H18ClN3/c1-11-9-19(8-7-17-11)10-12-4-5-14(16)13-3-2-6-18-15(12)13/h2-6,11,17H,7-10H2,1H3/t11-/m1/s1. The predicted octanol–water partition coefficient (Wildman–Crippen LogP) is 2.68. The Labute approximate surface area is 118 Å². The van der Waals surface area contributed by atoms with Gasteiger partial charge in [-0.25, -0.2) is 0 Å². The molecule has 1 fully saturated rings. The van der Waals surface area contributed by atoms with Crippen molar-refractivity contribution in [1.29, 1.82) is 0 Å². The van der Waals surface area contributed by atoms with Crippen LogP contribution in [0, 0.1) is 0 Å². The molecule has 1 saturated heterocycles. The van der Waals surface area contributed by atoms with E-state index < -0.39 is 0 Å². The number of pyridine rings is 1. The summed E-state index contributed by atoms with van der Waals surface area (Å²) in [7, 11) is 0. The van der Waals surface area contributed by atoms with Gasteiger partial charge in [0.25, 0.3) is 0 Å². The maximum atomic E-state index is 6.23. The Morgan fingerprint density at radius 2 is 2.32 bits per heavy atom. The highest BCUT2D eigenvalue weighted by molar-refractivity contribution is 6.35. The van der Waals surface area contributed by atoms with Gasteiger partial charge in [0.1, 0.15) is 0 Å². The second-order valence-corrected chi connectivity index (χ2v) is 5.60. The van der Waals surface area contributed by atoms with Crippen molar-refractivity contribution >= 4 is 22.5 Å². The van der Waals surface area contributed by atoms with Gasteiger partial charge >= 0.3 is 0 Å². The summed E-state index contributed by atoms with van der Waals surface area (Å²) in [6.45, 7) is 6.39. The van der Waals surface area contributed by atoms with Gasteiger partial charge in [0.05, 0.1) is 5.52 Å². The number of halogens is 1. The van der Waals surface area contributed by atoms with Crippen molar-refractivity contribution in [3.63, 3.8) is 0 Å². The first kappa shape index (κ1) is 12.9. The van der Waals surface area contributed by atoms with E-state index in [1.54, 1.807) is 0 Å². The molecule has 1 atom stereocenters. The Hall–Kier alpha value is -1.16. The van der Waals surface area contributed by atoms with Gasteiger partial charge in [-0.05, 0) is 30.7 Å². The molecule has 0 aliphatic carbocycles. The zero-order valence-corrected chi connectivity index (χ0v) is 11.8. The molecule has 4 heteroatoms. The van der Waals surface area contributed by atoms with Crippen LogP contribution in [0.3, 0.4) is 0 Å². The first-order chi connectivity index (χ1) is 9.24. The number of nitrogens with zero attached hydrogens (tertiary/aromatic N) is 2. The highest BCUT2D eigenvalue weighted by Gasteiger charge is 2.17. The van der Waals surface area contributed by atoms with Gasteiger partial charge in [-0.3, -0.25) is 9.88 Å². The number of hydrogen-bond donors (Lipinski definition) is 1. The Morgan fingerprint density at radius 1 is 1.42 bits per heavy atom. The minimum Gasteiger partial charge on any atom is -0.312 e. The van der Waals surface area contributed by atoms with Crippen molar-refractivity contribution in [3.05, 3.63) is 41.0 Å². The SMILES string of the molecule is C[C@@H]1CN(Cc2ccc(Cl)c3cccnc23)CCN1. The number of benzene rings is 1. The fourth-order valence-corrected chi connectivity index (χ4v) is 2.94. The maximum Gasteiger partial charge on any atom is 0.0761 e. The van der Waals surface area contributed by atoms with E-state index in [-0.39, 0.29) is 0 Å². The first-order valence-corrected chi connectivity index (χ1v) is 7.09. The van der Waals surface area contributed by atoms with Crippen LogP contribution in [0.25, 0.3) is 10.9 Å². The van der Waals surface area contributed by atoms with Crippen molar-refractivity contribution in [3.8, 4) is 0 Å². The van der Waals surface area contributed by atoms with Crippen molar-refractivity contribution in [2.24, 2.45) is 0 Å². The molecule has 3 rings (SSSR count). The number of hydrogen-bond acceptors (Lipinski definition) is 3. The molecule has 1 aromatic carbocycles. The van der Waals surface area contributed by atoms with E-state index in [2.05, 4.69) is 28.2 Å². The molecule has 1 aliphatic heterocycles. The van der Waals surface area contributed by atoms with Crippen LogP contribution in [0.1, 0.15) is 12.5 Å². The normalized spacial score (nSPS) is 20.8. The van der Waals surface area contributed by atoms with E-state index in [1.165, 1.54) is 5.56 Å². The van der Waals surface area contributed by atoms with Gasteiger partial charge in [-0.15, -0.1) is 0 Å². The minimum atomic E-state index is 0.556. The van der Waals surface area contributed by atoms with Crippen molar-refractivity contribution in [2.75, 3.05) is 19.6 Å². The van der Waals surface area contributed by atoms with Gasteiger partial charge < -0.3 is 5.32 Å². The number of rotatable bonds is 2. The Bertz CT molecular complexity index is 585. The molecule has 1 aliphatic rings. The molecule has 0 radical (unpaired) electrons. The number of piperazine rings is 1. The van der Waals surface area contributed by atoms with Crippen LogP contribution in [-0.4, -0.2) is 35.6 Å². The van der Waals surface area contributed by atoms with Crippen LogP contribution in [0.4, 0.5) is 0 Å². The minimum absolute atomic E-state index is 0.556. The molecule has 0 amide bonds. The van der Waals surface area contributed by atoms with Gasteiger partial charge in [0.15, 0.2) is 0 Å². The van der Waals surface area contributed by atoms with Gasteiger partial charge in [0, 0.05) is 48.8 Å². The van der Waals surface area contributed by atoms with Crippen LogP contribution >= 0.6 is 11.6 Å². The van der Waals surface area contributed by atoms with E-state index in [1.807, 2.05) is 24.4 Å². The third-order valence-corrected chi connectivity index (χ3v) is 3.98. The van der Waals surface area contributed by atoms with Crippen LogP contribution in [-0.2, 0) is 6.54 Å². The van der Waals surface area contributed by atoms with Crippen LogP contribution in [0.15, 0.2) is 30.5 Å². The smallest absolute Gasteiger partial charge is 0.0761 e. The van der Waals surface area contributed by atoms with Crippen LogP contribution < -0.4 is 5.32 Å². The molecule has 1 aromatic heterocycles. The maximum absolute atomic E-state index is 6.23. The summed E-state index contributed by atoms with van der Waals surface area (Å²) in [5.74, 6) is 0. The van der Waals surface area contributed by atoms with E-state index in [4.69, 9.17) is 11.6 Å². The molecule has 19 heavy (non-hydrogen) atoms. The quantitative estimate of drug-likeness (QED) is 0.913. The Morgan fingerprint density at radius 3 is 3.16 bits per heavy atom. The summed E-state index contributed by atoms with van der Waals surface area (Å²) < 4.78 is 0. The molecule has 100 valence electrons. The third-order valence-electron chi connectivity index (χ3n) is 3.65. The van der Waals surface area contributed by atoms with Crippen LogP contribution in [0.5, 0.6) is 0 Å². The van der Waals surface area contributed by atoms with Crippen molar-refractivity contribution in [1.82, 2.24) is 15.2 Å². The summed E-state index contributed by atoms with van der Waals surface area (Å²) in [4.78, 5) is 6.97. The topological polar surface area (TPSA) is 28.2 Å². The fourth-order valence-electron chi connectivity index (χ4n) is 2.72. The molecule has 2 aromatic rings. The zero-order valence-electron chi connectivity index (χ0n) is 11.1. The molecular formula is C15H18ClN3. The zero-order chi connectivity index (χ0) is 13.2. The summed E-state index contributed by atoms with van der Waals surface area (Å²) >= 11 is 6.23. The van der Waals surface area contributed by atoms with Gasteiger partial charge in [0.2, 0.25) is 0 Å². The molecule has 1 N–H and O–H groups in total. The monoisotopic (exact) mass is 275 g/mol. The molecule has 2 heterocycles. The number of nitrogens with one attached hydrogen (secondary N) is 1. The average molecular weight is 276 g/mol. The molecule has 3 nitrogen and oxygen atoms in total. The highest BCUT2D eigenvalue weighted by Crippen LogP contribution is 2.25. The molecule has 0 bridgehead atoms. The highest BCUT2D eigenvalue weighted by atomic mass is 35.5.